The molecule has 0 amide bonds. The number of aliphatic hydroxyl groups excluding tert-OH is 1. The first-order valence-corrected chi connectivity index (χ1v) is 7.06. The molecule has 0 aliphatic carbocycles. The van der Waals surface area contributed by atoms with Crippen LogP contribution >= 0.6 is 0 Å². The van der Waals surface area contributed by atoms with Gasteiger partial charge in [0.25, 0.3) is 0 Å². The summed E-state index contributed by atoms with van der Waals surface area (Å²) >= 11 is 0. The van der Waals surface area contributed by atoms with E-state index in [1.54, 1.807) is 12.1 Å². The fourth-order valence-electron chi connectivity index (χ4n) is 1.89. The summed E-state index contributed by atoms with van der Waals surface area (Å²) < 4.78 is 39.2. The van der Waals surface area contributed by atoms with Crippen LogP contribution in [0.5, 0.6) is 0 Å². The Labute approximate surface area is 131 Å². The first-order valence-electron chi connectivity index (χ1n) is 7.06. The molecule has 0 saturated heterocycles. The summed E-state index contributed by atoms with van der Waals surface area (Å²) in [5.41, 5.74) is -0.817. The molecule has 23 heavy (non-hydrogen) atoms. The van der Waals surface area contributed by atoms with E-state index in [-0.39, 0.29) is 29.9 Å². The molecule has 0 radical (unpaired) electrons. The average Bonchev–Trinajstić information content (AvgIpc) is 2.52. The second kappa shape index (κ2) is 6.91. The van der Waals surface area contributed by atoms with Crippen LogP contribution in [0.4, 0.5) is 19.0 Å². The fraction of sp³-hybridized carbons (Fsp3) is 0.400. The van der Waals surface area contributed by atoms with Crippen LogP contribution in [0.3, 0.4) is 0 Å². The van der Waals surface area contributed by atoms with Gasteiger partial charge in [0.2, 0.25) is 0 Å². The first kappa shape index (κ1) is 17.1. The van der Waals surface area contributed by atoms with Gasteiger partial charge in [-0.25, -0.2) is 9.97 Å². The Morgan fingerprint density at radius 3 is 2.48 bits per heavy atom. The number of halogens is 3. The van der Waals surface area contributed by atoms with Crippen LogP contribution in [0.25, 0.3) is 11.5 Å². The molecule has 2 rings (SSSR count). The second-order valence-corrected chi connectivity index (χ2v) is 5.35. The zero-order valence-electron chi connectivity index (χ0n) is 12.7. The number of anilines is 1. The van der Waals surface area contributed by atoms with Crippen molar-refractivity contribution >= 4 is 5.82 Å². The van der Waals surface area contributed by atoms with Crippen molar-refractivity contribution in [3.8, 4) is 11.5 Å². The summed E-state index contributed by atoms with van der Waals surface area (Å²) in [5.74, 6) is -0.105. The third kappa shape index (κ3) is 4.38. The highest BCUT2D eigenvalue weighted by Gasteiger charge is 2.34. The molecule has 0 bridgehead atoms. The highest BCUT2D eigenvalue weighted by Crippen LogP contribution is 2.30. The molecule has 2 N–H and O–H groups in total. The monoisotopic (exact) mass is 326 g/mol. The highest BCUT2D eigenvalue weighted by molar-refractivity contribution is 5.53. The van der Waals surface area contributed by atoms with Gasteiger partial charge in [0.05, 0.1) is 12.6 Å². The number of hydrogen-bond donors (Lipinski definition) is 2. The van der Waals surface area contributed by atoms with Gasteiger partial charge in [0, 0.05) is 12.3 Å². The number of rotatable bonds is 5. The smallest absolute Gasteiger partial charge is 0.394 e. The van der Waals surface area contributed by atoms with Crippen molar-refractivity contribution in [2.45, 2.75) is 26.1 Å². The van der Waals surface area contributed by atoms with Crippen molar-refractivity contribution < 1.29 is 18.3 Å². The molecule has 124 valence electrons. The molecule has 2 aromatic rings. The number of nitrogens with one attached hydrogen (secondary N) is 1. The number of hydrogen-bond acceptors (Lipinski definition) is 5. The second-order valence-electron chi connectivity index (χ2n) is 5.35. The summed E-state index contributed by atoms with van der Waals surface area (Å²) in [7, 11) is 0. The van der Waals surface area contributed by atoms with Gasteiger partial charge in [-0.05, 0) is 18.1 Å². The number of aliphatic hydroxyl groups is 1. The summed E-state index contributed by atoms with van der Waals surface area (Å²) in [6.45, 7) is 3.47. The normalized spacial score (nSPS) is 13.2. The molecule has 5 nitrogen and oxygen atoms in total. The van der Waals surface area contributed by atoms with Gasteiger partial charge >= 0.3 is 6.18 Å². The predicted octanol–water partition coefficient (Wildman–Crippen LogP) is 2.99. The van der Waals surface area contributed by atoms with Gasteiger partial charge in [-0.1, -0.05) is 19.9 Å². The van der Waals surface area contributed by atoms with E-state index in [0.29, 0.717) is 0 Å². The Bertz CT molecular complexity index is 647. The van der Waals surface area contributed by atoms with E-state index >= 15 is 0 Å². The van der Waals surface area contributed by atoms with Gasteiger partial charge in [-0.2, -0.15) is 13.2 Å². The van der Waals surface area contributed by atoms with Crippen LogP contribution in [0.1, 0.15) is 19.5 Å². The quantitative estimate of drug-likeness (QED) is 0.884. The predicted molar refractivity (Wildman–Crippen MR) is 79.6 cm³/mol. The van der Waals surface area contributed by atoms with Gasteiger partial charge in [-0.3, -0.25) is 4.98 Å². The van der Waals surface area contributed by atoms with Crippen LogP contribution in [-0.4, -0.2) is 32.7 Å². The molecule has 0 aliphatic heterocycles. The molecule has 0 fully saturated rings. The zero-order chi connectivity index (χ0) is 17.0. The number of nitrogens with zero attached hydrogens (tertiary/aromatic N) is 3. The van der Waals surface area contributed by atoms with E-state index in [1.807, 2.05) is 13.8 Å². The fourth-order valence-corrected chi connectivity index (χ4v) is 1.89. The first-order chi connectivity index (χ1) is 10.8. The van der Waals surface area contributed by atoms with E-state index in [2.05, 4.69) is 20.3 Å². The van der Waals surface area contributed by atoms with Crippen LogP contribution in [0.2, 0.25) is 0 Å². The van der Waals surface area contributed by atoms with Crippen molar-refractivity contribution in [3.05, 3.63) is 36.2 Å². The molecular formula is C15H17F3N4O. The number of alkyl halides is 3. The van der Waals surface area contributed by atoms with Gasteiger partial charge < -0.3 is 10.4 Å². The van der Waals surface area contributed by atoms with E-state index < -0.39 is 17.9 Å². The van der Waals surface area contributed by atoms with Crippen LogP contribution in [-0.2, 0) is 6.18 Å². The lowest BCUT2D eigenvalue weighted by atomic mass is 10.1. The molecule has 2 heterocycles. The number of aromatic nitrogens is 3. The largest absolute Gasteiger partial charge is 0.433 e. The Hall–Kier alpha value is -2.22. The van der Waals surface area contributed by atoms with Crippen molar-refractivity contribution in [3.63, 3.8) is 0 Å². The summed E-state index contributed by atoms with van der Waals surface area (Å²) in [5, 5.41) is 12.2. The van der Waals surface area contributed by atoms with Gasteiger partial charge in [-0.15, -0.1) is 0 Å². The SMILES string of the molecule is CC(C)[C@@H](CO)Nc1cc(C(F)(F)F)nc(-c2ccccn2)n1. The van der Waals surface area contributed by atoms with E-state index in [0.717, 1.165) is 6.07 Å². The topological polar surface area (TPSA) is 70.9 Å². The average molecular weight is 326 g/mol. The lowest BCUT2D eigenvalue weighted by molar-refractivity contribution is -0.141. The molecule has 0 unspecified atom stereocenters. The van der Waals surface area contributed by atoms with Gasteiger partial charge in [0.1, 0.15) is 11.5 Å². The van der Waals surface area contributed by atoms with E-state index in [4.69, 9.17) is 0 Å². The van der Waals surface area contributed by atoms with Crippen LogP contribution < -0.4 is 5.32 Å². The Kier molecular flexibility index (Phi) is 5.15. The summed E-state index contributed by atoms with van der Waals surface area (Å²) in [4.78, 5) is 11.6. The number of pyridine rings is 1. The molecule has 0 aliphatic rings. The maximum atomic E-state index is 13.1. The highest BCUT2D eigenvalue weighted by atomic mass is 19.4. The minimum atomic E-state index is -4.60. The lowest BCUT2D eigenvalue weighted by Crippen LogP contribution is -2.30. The maximum Gasteiger partial charge on any atom is 0.433 e. The molecule has 1 atom stereocenters. The zero-order valence-corrected chi connectivity index (χ0v) is 12.7. The lowest BCUT2D eigenvalue weighted by Gasteiger charge is -2.21. The van der Waals surface area contributed by atoms with E-state index in [1.165, 1.54) is 12.3 Å². The minimum Gasteiger partial charge on any atom is -0.394 e. The Morgan fingerprint density at radius 2 is 1.96 bits per heavy atom. The summed E-state index contributed by atoms with van der Waals surface area (Å²) in [6, 6.07) is 5.24. The van der Waals surface area contributed by atoms with Crippen LogP contribution in [0, 0.1) is 5.92 Å². The standard InChI is InChI=1S/C15H17F3N4O/c1-9(2)11(8-23)20-13-7-12(15(16,17)18)21-14(22-13)10-5-3-4-6-19-10/h3-7,9,11,23H,8H2,1-2H3,(H,20,21,22)/t11-/m1/s1. The van der Waals surface area contributed by atoms with Crippen molar-refractivity contribution in [2.24, 2.45) is 5.92 Å². The molecule has 2 aromatic heterocycles. The Morgan fingerprint density at radius 1 is 1.22 bits per heavy atom. The molecule has 0 aromatic carbocycles. The van der Waals surface area contributed by atoms with Gasteiger partial charge in [0.15, 0.2) is 11.5 Å². The van der Waals surface area contributed by atoms with Crippen LogP contribution in [0.15, 0.2) is 30.5 Å². The molecule has 0 saturated carbocycles. The van der Waals surface area contributed by atoms with Crippen molar-refractivity contribution in [1.29, 1.82) is 0 Å². The third-order valence-electron chi connectivity index (χ3n) is 3.25. The summed E-state index contributed by atoms with van der Waals surface area (Å²) in [6.07, 6.45) is -3.15. The minimum absolute atomic E-state index is 0.000674. The van der Waals surface area contributed by atoms with Crippen molar-refractivity contribution in [1.82, 2.24) is 15.0 Å². The Balaban J connectivity index is 2.46. The van der Waals surface area contributed by atoms with Crippen molar-refractivity contribution in [2.75, 3.05) is 11.9 Å². The molecule has 0 spiro atoms. The molecule has 8 heteroatoms. The maximum absolute atomic E-state index is 13.1. The van der Waals surface area contributed by atoms with E-state index in [9.17, 15) is 18.3 Å². The molecular weight excluding hydrogens is 309 g/mol. The third-order valence-corrected chi connectivity index (χ3v) is 3.25.